The molecule has 0 aliphatic rings. The number of benzene rings is 1. The van der Waals surface area contributed by atoms with Crippen LogP contribution in [-0.2, 0) is 0 Å². The molecule has 0 aliphatic carbocycles. The monoisotopic (exact) mass is 238 g/mol. The highest BCUT2D eigenvalue weighted by atomic mass is 35.5. The topological polar surface area (TPSA) is 0 Å². The molecule has 0 spiro atoms. The summed E-state index contributed by atoms with van der Waals surface area (Å²) in [7, 11) is 5.55. The largest absolute Gasteiger partial charge is 0.118 e. The Morgan fingerprint density at radius 1 is 0.833 bits per heavy atom. The van der Waals surface area contributed by atoms with Crippen molar-refractivity contribution in [3.63, 3.8) is 0 Å². The molecule has 0 N–H and O–H groups in total. The van der Waals surface area contributed by atoms with E-state index in [1.807, 2.05) is 0 Å². The van der Waals surface area contributed by atoms with Crippen molar-refractivity contribution in [3.8, 4) is 0 Å². The second-order valence-corrected chi connectivity index (χ2v) is 3.81. The van der Waals surface area contributed by atoms with Crippen LogP contribution in [0.2, 0.25) is 20.1 Å². The van der Waals surface area contributed by atoms with Crippen LogP contribution in [0.3, 0.4) is 0 Å². The summed E-state index contributed by atoms with van der Waals surface area (Å²) in [6, 6.07) is 0. The molecule has 0 bridgehead atoms. The van der Waals surface area contributed by atoms with Crippen molar-refractivity contribution in [2.75, 3.05) is 0 Å². The molecule has 1 aromatic carbocycles. The second kappa shape index (κ2) is 3.67. The van der Waals surface area contributed by atoms with E-state index >= 15 is 0 Å². The van der Waals surface area contributed by atoms with Crippen LogP contribution < -0.4 is 5.46 Å². The average Bonchev–Trinajstić information content (AvgIpc) is 2.08. The van der Waals surface area contributed by atoms with Gasteiger partial charge in [-0.1, -0.05) is 51.9 Å². The third-order valence-corrected chi connectivity index (χ3v) is 3.44. The van der Waals surface area contributed by atoms with Gasteiger partial charge in [0, 0.05) is 5.02 Å². The lowest BCUT2D eigenvalue weighted by atomic mass is 9.94. The first-order valence-electron chi connectivity index (χ1n) is 3.04. The molecule has 2 radical (unpaired) electrons. The lowest BCUT2D eigenvalue weighted by molar-refractivity contribution is 1.49. The molecular formula is C7H3BCl4. The Labute approximate surface area is 92.2 Å². The van der Waals surface area contributed by atoms with E-state index in [1.165, 1.54) is 0 Å². The van der Waals surface area contributed by atoms with E-state index in [2.05, 4.69) is 0 Å². The van der Waals surface area contributed by atoms with E-state index in [0.29, 0.717) is 15.6 Å². The molecule has 12 heavy (non-hydrogen) atoms. The summed E-state index contributed by atoms with van der Waals surface area (Å²) in [6.07, 6.45) is 0. The first-order chi connectivity index (χ1) is 5.46. The Morgan fingerprint density at radius 3 is 1.83 bits per heavy atom. The lowest BCUT2D eigenvalue weighted by Crippen LogP contribution is -2.08. The van der Waals surface area contributed by atoms with Gasteiger partial charge in [-0.3, -0.25) is 0 Å². The molecule has 0 aliphatic heterocycles. The summed E-state index contributed by atoms with van der Waals surface area (Å²) in [5.41, 5.74) is 0.912. The van der Waals surface area contributed by atoms with Gasteiger partial charge in [-0.25, -0.2) is 0 Å². The Balaban J connectivity index is 3.60. The predicted octanol–water partition coefficient (Wildman–Crippen LogP) is 3.40. The van der Waals surface area contributed by atoms with Crippen molar-refractivity contribution >= 4 is 59.7 Å². The minimum atomic E-state index is 0.206. The van der Waals surface area contributed by atoms with E-state index in [9.17, 15) is 0 Å². The van der Waals surface area contributed by atoms with Crippen LogP contribution in [0.1, 0.15) is 5.56 Å². The molecule has 0 unspecified atom stereocenters. The first kappa shape index (κ1) is 10.5. The molecule has 0 heterocycles. The normalized spacial score (nSPS) is 10.4. The third kappa shape index (κ3) is 1.56. The highest BCUT2D eigenvalue weighted by Crippen LogP contribution is 2.34. The zero-order valence-corrected chi connectivity index (χ0v) is 9.11. The highest BCUT2D eigenvalue weighted by molar-refractivity contribution is 6.57. The van der Waals surface area contributed by atoms with E-state index in [-0.39, 0.29) is 15.5 Å². The molecule has 0 aromatic heterocycles. The predicted molar refractivity (Wildman–Crippen MR) is 56.6 cm³/mol. The van der Waals surface area contributed by atoms with Crippen LogP contribution in [0.15, 0.2) is 0 Å². The summed E-state index contributed by atoms with van der Waals surface area (Å²) in [5.74, 6) is 0. The Morgan fingerprint density at radius 2 is 1.33 bits per heavy atom. The smallest absolute Gasteiger partial charge is 0.0846 e. The van der Waals surface area contributed by atoms with Crippen molar-refractivity contribution in [2.45, 2.75) is 6.92 Å². The zero-order valence-electron chi connectivity index (χ0n) is 6.09. The summed E-state index contributed by atoms with van der Waals surface area (Å²) in [6.45, 7) is 1.73. The van der Waals surface area contributed by atoms with Gasteiger partial charge < -0.3 is 0 Å². The summed E-state index contributed by atoms with van der Waals surface area (Å²) < 4.78 is 0. The molecule has 0 nitrogen and oxygen atoms in total. The van der Waals surface area contributed by atoms with Crippen molar-refractivity contribution in [1.82, 2.24) is 0 Å². The number of hydrogen-bond acceptors (Lipinski definition) is 0. The fourth-order valence-electron chi connectivity index (χ4n) is 0.774. The average molecular weight is 240 g/mol. The molecule has 0 fully saturated rings. The molecule has 62 valence electrons. The van der Waals surface area contributed by atoms with Crippen molar-refractivity contribution in [1.29, 1.82) is 0 Å². The highest BCUT2D eigenvalue weighted by Gasteiger charge is 2.13. The fourth-order valence-corrected chi connectivity index (χ4v) is 1.73. The summed E-state index contributed by atoms with van der Waals surface area (Å²) in [4.78, 5) is 0. The van der Waals surface area contributed by atoms with Crippen LogP contribution in [-0.4, -0.2) is 7.85 Å². The van der Waals surface area contributed by atoms with E-state index in [1.54, 1.807) is 6.92 Å². The van der Waals surface area contributed by atoms with Gasteiger partial charge in [-0.05, 0) is 12.5 Å². The minimum absolute atomic E-state index is 0.206. The van der Waals surface area contributed by atoms with Gasteiger partial charge in [-0.15, -0.1) is 0 Å². The van der Waals surface area contributed by atoms with Crippen LogP contribution in [0.25, 0.3) is 0 Å². The SMILES string of the molecule is [B]c1c(Cl)c(C)c(Cl)c(Cl)c1Cl. The molecular weight excluding hydrogens is 237 g/mol. The van der Waals surface area contributed by atoms with Gasteiger partial charge in [0.15, 0.2) is 0 Å². The molecule has 0 amide bonds. The fraction of sp³-hybridized carbons (Fsp3) is 0.143. The van der Waals surface area contributed by atoms with Crippen LogP contribution in [0, 0.1) is 6.92 Å². The molecule has 5 heteroatoms. The lowest BCUT2D eigenvalue weighted by Gasteiger charge is -2.09. The van der Waals surface area contributed by atoms with Gasteiger partial charge in [0.25, 0.3) is 0 Å². The molecule has 1 aromatic rings. The number of hydrogen-bond donors (Lipinski definition) is 0. The maximum atomic E-state index is 5.81. The molecule has 0 saturated heterocycles. The summed E-state index contributed by atoms with van der Waals surface area (Å²) in [5, 5.41) is 1.16. The van der Waals surface area contributed by atoms with Crippen molar-refractivity contribution in [2.24, 2.45) is 0 Å². The van der Waals surface area contributed by atoms with E-state index in [4.69, 9.17) is 54.3 Å². The van der Waals surface area contributed by atoms with Crippen molar-refractivity contribution < 1.29 is 0 Å². The van der Waals surface area contributed by atoms with E-state index in [0.717, 1.165) is 0 Å². The quantitative estimate of drug-likeness (QED) is 0.370. The van der Waals surface area contributed by atoms with Gasteiger partial charge in [0.2, 0.25) is 0 Å². The van der Waals surface area contributed by atoms with Crippen LogP contribution in [0.4, 0.5) is 0 Å². The van der Waals surface area contributed by atoms with Crippen LogP contribution in [0.5, 0.6) is 0 Å². The third-order valence-electron chi connectivity index (χ3n) is 1.52. The minimum Gasteiger partial charge on any atom is -0.0846 e. The Kier molecular flexibility index (Phi) is 3.22. The first-order valence-corrected chi connectivity index (χ1v) is 4.56. The standard InChI is InChI=1S/C7H3BCl4/c1-2-4(9)3(8)6(11)7(12)5(2)10/h1H3. The zero-order chi connectivity index (χ0) is 9.46. The van der Waals surface area contributed by atoms with Gasteiger partial charge in [0.1, 0.15) is 7.85 Å². The van der Waals surface area contributed by atoms with Gasteiger partial charge in [-0.2, -0.15) is 0 Å². The summed E-state index contributed by atoms with van der Waals surface area (Å²) >= 11 is 23.1. The molecule has 1 rings (SSSR count). The Hall–Kier alpha value is 0.445. The second-order valence-electron chi connectivity index (χ2n) is 2.29. The number of halogens is 4. The van der Waals surface area contributed by atoms with Crippen LogP contribution >= 0.6 is 46.4 Å². The van der Waals surface area contributed by atoms with Gasteiger partial charge >= 0.3 is 0 Å². The maximum absolute atomic E-state index is 5.81. The van der Waals surface area contributed by atoms with Crippen molar-refractivity contribution in [3.05, 3.63) is 25.7 Å². The molecule has 0 saturated carbocycles. The van der Waals surface area contributed by atoms with Gasteiger partial charge in [0.05, 0.1) is 15.1 Å². The number of rotatable bonds is 0. The Bertz CT molecular complexity index is 230. The van der Waals surface area contributed by atoms with E-state index < -0.39 is 0 Å². The molecule has 0 atom stereocenters. The maximum Gasteiger partial charge on any atom is 0.118 e.